The Bertz CT molecular complexity index is 669. The van der Waals surface area contributed by atoms with E-state index in [0.29, 0.717) is 6.54 Å². The van der Waals surface area contributed by atoms with E-state index in [1.807, 2.05) is 49.4 Å². The number of nitrogens with one attached hydrogen (secondary N) is 1. The lowest BCUT2D eigenvalue weighted by Gasteiger charge is -2.16. The van der Waals surface area contributed by atoms with Crippen LogP contribution >= 0.6 is 11.6 Å². The Morgan fingerprint density at radius 3 is 2.57 bits per heavy atom. The molecule has 2 rings (SSSR count). The summed E-state index contributed by atoms with van der Waals surface area (Å²) in [5, 5.41) is 3.57. The highest BCUT2D eigenvalue weighted by molar-refractivity contribution is 6.31. The van der Waals surface area contributed by atoms with E-state index < -0.39 is 0 Å². The van der Waals surface area contributed by atoms with Crippen molar-refractivity contribution in [3.05, 3.63) is 64.2 Å². The number of carbonyl (C=O) groups is 1. The van der Waals surface area contributed by atoms with Gasteiger partial charge in [-0.05, 0) is 41.7 Å². The average Bonchev–Trinajstić information content (AvgIpc) is 2.54. The van der Waals surface area contributed by atoms with Crippen LogP contribution in [0.4, 0.5) is 0 Å². The van der Waals surface area contributed by atoms with E-state index in [-0.39, 0.29) is 18.4 Å². The molecule has 2 aromatic rings. The molecule has 3 nitrogen and oxygen atoms in total. The van der Waals surface area contributed by atoms with Gasteiger partial charge in [0.15, 0.2) is 6.61 Å². The minimum atomic E-state index is -0.142. The first-order valence-electron chi connectivity index (χ1n) is 7.71. The molecule has 122 valence electrons. The molecule has 1 amide bonds. The summed E-state index contributed by atoms with van der Waals surface area (Å²) in [6.07, 6.45) is 0. The lowest BCUT2D eigenvalue weighted by molar-refractivity contribution is -0.123. The number of halogens is 1. The number of benzene rings is 2. The van der Waals surface area contributed by atoms with Gasteiger partial charge in [0, 0.05) is 11.6 Å². The number of hydrogen-bond acceptors (Lipinski definition) is 2. The molecule has 0 aliphatic heterocycles. The summed E-state index contributed by atoms with van der Waals surface area (Å²) in [6, 6.07) is 13.6. The highest BCUT2D eigenvalue weighted by Gasteiger charge is 2.12. The molecule has 1 N–H and O–H groups in total. The van der Waals surface area contributed by atoms with Crippen LogP contribution in [-0.2, 0) is 11.3 Å². The summed E-state index contributed by atoms with van der Waals surface area (Å²) >= 11 is 6.18. The predicted molar refractivity (Wildman–Crippen MR) is 94.1 cm³/mol. The molecule has 0 radical (unpaired) electrons. The zero-order valence-electron chi connectivity index (χ0n) is 13.7. The fourth-order valence-electron chi connectivity index (χ4n) is 2.24. The molecule has 0 aromatic heterocycles. The van der Waals surface area contributed by atoms with Crippen LogP contribution in [-0.4, -0.2) is 12.5 Å². The first kappa shape index (κ1) is 17.4. The third-order valence-corrected chi connectivity index (χ3v) is 4.01. The quantitative estimate of drug-likeness (QED) is 0.848. The molecule has 23 heavy (non-hydrogen) atoms. The molecular weight excluding hydrogens is 310 g/mol. The van der Waals surface area contributed by atoms with Crippen LogP contribution in [0.3, 0.4) is 0 Å². The van der Waals surface area contributed by atoms with Crippen LogP contribution < -0.4 is 10.1 Å². The van der Waals surface area contributed by atoms with Gasteiger partial charge in [0.1, 0.15) is 5.75 Å². The monoisotopic (exact) mass is 331 g/mol. The number of carbonyl (C=O) groups excluding carboxylic acids is 1. The molecule has 0 spiro atoms. The fourth-order valence-corrected chi connectivity index (χ4v) is 2.41. The van der Waals surface area contributed by atoms with Crippen LogP contribution in [0.1, 0.15) is 36.5 Å². The van der Waals surface area contributed by atoms with Crippen molar-refractivity contribution in [3.63, 3.8) is 0 Å². The standard InChI is InChI=1S/C19H22ClNO2/c1-13(2)16-10-17(20)14(3)9-18(16)23-12-19(22)21-11-15-7-5-4-6-8-15/h4-10,13H,11-12H2,1-3H3,(H,21,22). The maximum atomic E-state index is 12.0. The number of hydrogen-bond donors (Lipinski definition) is 1. The third kappa shape index (κ3) is 5.00. The van der Waals surface area contributed by atoms with Crippen molar-refractivity contribution in [1.82, 2.24) is 5.32 Å². The number of ether oxygens (including phenoxy) is 1. The Labute approximate surface area is 142 Å². The summed E-state index contributed by atoms with van der Waals surface area (Å²) in [6.45, 7) is 6.56. The van der Waals surface area contributed by atoms with E-state index in [9.17, 15) is 4.79 Å². The van der Waals surface area contributed by atoms with Gasteiger partial charge in [-0.2, -0.15) is 0 Å². The van der Waals surface area contributed by atoms with Gasteiger partial charge >= 0.3 is 0 Å². The normalized spacial score (nSPS) is 10.7. The Kier molecular flexibility index (Phi) is 6.05. The Morgan fingerprint density at radius 1 is 1.22 bits per heavy atom. The molecule has 0 saturated carbocycles. The highest BCUT2D eigenvalue weighted by atomic mass is 35.5. The first-order valence-corrected chi connectivity index (χ1v) is 8.08. The van der Waals surface area contributed by atoms with Crippen molar-refractivity contribution in [1.29, 1.82) is 0 Å². The molecule has 4 heteroatoms. The topological polar surface area (TPSA) is 38.3 Å². The van der Waals surface area contributed by atoms with Crippen LogP contribution in [0.5, 0.6) is 5.75 Å². The highest BCUT2D eigenvalue weighted by Crippen LogP contribution is 2.31. The lowest BCUT2D eigenvalue weighted by atomic mass is 10.0. The number of aryl methyl sites for hydroxylation is 1. The van der Waals surface area contributed by atoms with Crippen LogP contribution in [0.15, 0.2) is 42.5 Å². The maximum Gasteiger partial charge on any atom is 0.258 e. The van der Waals surface area contributed by atoms with Crippen molar-refractivity contribution in [2.75, 3.05) is 6.61 Å². The summed E-state index contributed by atoms with van der Waals surface area (Å²) in [4.78, 5) is 12.0. The van der Waals surface area contributed by atoms with Gasteiger partial charge in [0.2, 0.25) is 0 Å². The van der Waals surface area contributed by atoms with E-state index in [2.05, 4.69) is 19.2 Å². The van der Waals surface area contributed by atoms with E-state index in [1.54, 1.807) is 0 Å². The van der Waals surface area contributed by atoms with Crippen molar-refractivity contribution in [2.45, 2.75) is 33.2 Å². The largest absolute Gasteiger partial charge is 0.483 e. The second-order valence-electron chi connectivity index (χ2n) is 5.84. The van der Waals surface area contributed by atoms with Crippen LogP contribution in [0.2, 0.25) is 5.02 Å². The minimum absolute atomic E-state index is 0.00632. The molecule has 0 bridgehead atoms. The molecule has 0 heterocycles. The zero-order chi connectivity index (χ0) is 16.8. The second-order valence-corrected chi connectivity index (χ2v) is 6.25. The first-order chi connectivity index (χ1) is 11.0. The lowest BCUT2D eigenvalue weighted by Crippen LogP contribution is -2.28. The average molecular weight is 332 g/mol. The number of amides is 1. The molecule has 0 aliphatic rings. The van der Waals surface area contributed by atoms with Crippen molar-refractivity contribution >= 4 is 17.5 Å². The zero-order valence-corrected chi connectivity index (χ0v) is 14.5. The van der Waals surface area contributed by atoms with Crippen molar-refractivity contribution < 1.29 is 9.53 Å². The second kappa shape index (κ2) is 8.02. The van der Waals surface area contributed by atoms with Gasteiger partial charge in [-0.1, -0.05) is 55.8 Å². The fraction of sp³-hybridized carbons (Fsp3) is 0.316. The Morgan fingerprint density at radius 2 is 1.91 bits per heavy atom. The summed E-state index contributed by atoms with van der Waals surface area (Å²) < 4.78 is 5.71. The van der Waals surface area contributed by atoms with E-state index in [1.165, 1.54) is 0 Å². The van der Waals surface area contributed by atoms with Gasteiger partial charge in [0.05, 0.1) is 0 Å². The summed E-state index contributed by atoms with van der Waals surface area (Å²) in [7, 11) is 0. The molecule has 2 aromatic carbocycles. The third-order valence-electron chi connectivity index (χ3n) is 3.60. The van der Waals surface area contributed by atoms with Crippen LogP contribution in [0, 0.1) is 6.92 Å². The van der Waals surface area contributed by atoms with Gasteiger partial charge < -0.3 is 10.1 Å². The van der Waals surface area contributed by atoms with E-state index in [4.69, 9.17) is 16.3 Å². The van der Waals surface area contributed by atoms with E-state index in [0.717, 1.165) is 27.5 Å². The Hall–Kier alpha value is -2.00. The smallest absolute Gasteiger partial charge is 0.258 e. The summed E-state index contributed by atoms with van der Waals surface area (Å²) in [5.41, 5.74) is 3.01. The maximum absolute atomic E-state index is 12.0. The molecule has 0 unspecified atom stereocenters. The van der Waals surface area contributed by atoms with Crippen molar-refractivity contribution in [3.8, 4) is 5.75 Å². The molecule has 0 aliphatic carbocycles. The predicted octanol–water partition coefficient (Wildman–Crippen LogP) is 4.47. The minimum Gasteiger partial charge on any atom is -0.483 e. The number of rotatable bonds is 6. The van der Waals surface area contributed by atoms with Gasteiger partial charge in [-0.15, -0.1) is 0 Å². The summed E-state index contributed by atoms with van der Waals surface area (Å²) in [5.74, 6) is 0.850. The van der Waals surface area contributed by atoms with E-state index >= 15 is 0 Å². The molecule has 0 atom stereocenters. The van der Waals surface area contributed by atoms with Crippen molar-refractivity contribution in [2.24, 2.45) is 0 Å². The SMILES string of the molecule is Cc1cc(OCC(=O)NCc2ccccc2)c(C(C)C)cc1Cl. The van der Waals surface area contributed by atoms with Gasteiger partial charge in [-0.3, -0.25) is 4.79 Å². The van der Waals surface area contributed by atoms with Crippen LogP contribution in [0.25, 0.3) is 0 Å². The Balaban J connectivity index is 1.95. The molecule has 0 fully saturated rings. The van der Waals surface area contributed by atoms with Gasteiger partial charge in [0.25, 0.3) is 5.91 Å². The molecule has 0 saturated heterocycles. The van der Waals surface area contributed by atoms with Gasteiger partial charge in [-0.25, -0.2) is 0 Å². The molecular formula is C19H22ClNO2.